The molecule has 27 heavy (non-hydrogen) atoms. The molecule has 1 aromatic heterocycles. The summed E-state index contributed by atoms with van der Waals surface area (Å²) in [4.78, 5) is 8.31. The number of nitrogens with zero attached hydrogens (tertiary/aromatic N) is 2. The molecule has 0 amide bonds. The fraction of sp³-hybridized carbons (Fsp3) is 0.120. The molecule has 0 fully saturated rings. The second-order valence-electron chi connectivity index (χ2n) is 6.83. The third-order valence-electron chi connectivity index (χ3n) is 5.15. The van der Waals surface area contributed by atoms with Crippen LogP contribution in [0.4, 0.5) is 0 Å². The molecule has 2 nitrogen and oxygen atoms in total. The highest BCUT2D eigenvalue weighted by Crippen LogP contribution is 2.33. The molecule has 1 aliphatic rings. The zero-order chi connectivity index (χ0) is 18.6. The van der Waals surface area contributed by atoms with Gasteiger partial charge in [0.25, 0.3) is 0 Å². The Morgan fingerprint density at radius 1 is 0.704 bits per heavy atom. The molecular formula is C25H22N2. The van der Waals surface area contributed by atoms with E-state index >= 15 is 0 Å². The molecular weight excluding hydrogens is 328 g/mol. The molecule has 1 heterocycles. The second kappa shape index (κ2) is 7.55. The molecule has 3 aromatic carbocycles. The van der Waals surface area contributed by atoms with E-state index in [1.807, 2.05) is 6.20 Å². The molecule has 0 N–H and O–H groups in total. The Morgan fingerprint density at radius 2 is 1.44 bits per heavy atom. The van der Waals surface area contributed by atoms with Gasteiger partial charge in [0.2, 0.25) is 0 Å². The van der Waals surface area contributed by atoms with Gasteiger partial charge in [-0.2, -0.15) is 0 Å². The Hall–Kier alpha value is -3.26. The highest BCUT2D eigenvalue weighted by Gasteiger charge is 2.18. The van der Waals surface area contributed by atoms with E-state index in [1.165, 1.54) is 38.9 Å². The molecule has 0 spiro atoms. The van der Waals surface area contributed by atoms with Gasteiger partial charge in [-0.1, -0.05) is 72.8 Å². The van der Waals surface area contributed by atoms with Gasteiger partial charge in [0.05, 0.1) is 5.69 Å². The maximum Gasteiger partial charge on any atom is 0.115 e. The molecule has 2 heteroatoms. The minimum absolute atomic E-state index is 0.952. The average Bonchev–Trinajstić information content (AvgIpc) is 3.10. The minimum Gasteiger partial charge on any atom is -0.244 e. The zero-order valence-electron chi connectivity index (χ0n) is 15.7. The van der Waals surface area contributed by atoms with Gasteiger partial charge < -0.3 is 0 Å². The molecule has 5 rings (SSSR count). The number of rotatable bonds is 1. The first-order chi connectivity index (χ1) is 13.2. The van der Waals surface area contributed by atoms with Crippen molar-refractivity contribution in [1.82, 2.24) is 9.97 Å². The summed E-state index contributed by atoms with van der Waals surface area (Å²) < 4.78 is 0. The lowest BCUT2D eigenvalue weighted by molar-refractivity contribution is 1.07. The first-order valence-electron chi connectivity index (χ1n) is 9.23. The monoisotopic (exact) mass is 350 g/mol. The number of aromatic nitrogens is 2. The Balaban J connectivity index is 0.000000134. The number of benzene rings is 3. The Bertz CT molecular complexity index is 1020. The van der Waals surface area contributed by atoms with Crippen molar-refractivity contribution < 1.29 is 0 Å². The molecule has 0 bridgehead atoms. The van der Waals surface area contributed by atoms with Crippen LogP contribution in [0.5, 0.6) is 0 Å². The summed E-state index contributed by atoms with van der Waals surface area (Å²) in [6, 6.07) is 25.4. The molecule has 0 aliphatic heterocycles. The maximum absolute atomic E-state index is 4.26. The zero-order valence-corrected chi connectivity index (χ0v) is 15.7. The minimum atomic E-state index is 0.952. The predicted molar refractivity (Wildman–Crippen MR) is 112 cm³/mol. The van der Waals surface area contributed by atoms with Gasteiger partial charge in [-0.25, -0.2) is 9.97 Å². The summed E-state index contributed by atoms with van der Waals surface area (Å²) in [5, 5.41) is 0. The van der Waals surface area contributed by atoms with Crippen LogP contribution in [-0.2, 0) is 6.42 Å². The van der Waals surface area contributed by atoms with Crippen LogP contribution in [0.2, 0.25) is 0 Å². The first-order valence-corrected chi connectivity index (χ1v) is 9.23. The van der Waals surface area contributed by atoms with E-state index in [2.05, 4.69) is 96.6 Å². The molecule has 0 unspecified atom stereocenters. The van der Waals surface area contributed by atoms with E-state index < -0.39 is 0 Å². The van der Waals surface area contributed by atoms with Gasteiger partial charge in [0.1, 0.15) is 6.33 Å². The smallest absolute Gasteiger partial charge is 0.115 e. The molecule has 132 valence electrons. The van der Waals surface area contributed by atoms with Gasteiger partial charge in [0.15, 0.2) is 0 Å². The molecule has 0 saturated carbocycles. The van der Waals surface area contributed by atoms with Crippen molar-refractivity contribution in [2.45, 2.75) is 20.3 Å². The van der Waals surface area contributed by atoms with Crippen molar-refractivity contribution in [3.63, 3.8) is 0 Å². The number of aryl methyl sites for hydroxylation is 1. The molecule has 4 aromatic rings. The number of hydrogen-bond acceptors (Lipinski definition) is 2. The van der Waals surface area contributed by atoms with E-state index in [4.69, 9.17) is 0 Å². The van der Waals surface area contributed by atoms with Crippen LogP contribution in [0.15, 0.2) is 85.3 Å². The fourth-order valence-corrected chi connectivity index (χ4v) is 3.52. The summed E-state index contributed by atoms with van der Waals surface area (Å²) >= 11 is 0. The van der Waals surface area contributed by atoms with Crippen molar-refractivity contribution in [2.24, 2.45) is 0 Å². The lowest BCUT2D eigenvalue weighted by atomic mass is 9.97. The van der Waals surface area contributed by atoms with Crippen molar-refractivity contribution in [3.05, 3.63) is 108 Å². The standard InChI is InChI=1S/C14H14.C11H8N2/c1-11-7-6-10-14(12(11)2)13-8-4-3-5-9-13;1-2-4-9-8(3-1)5-11-10(9)6-12-7-13-11/h3-10H,1-2H3;1-4,6-7H,5H2. The Kier molecular flexibility index (Phi) is 4.80. The van der Waals surface area contributed by atoms with Crippen molar-refractivity contribution >= 4 is 0 Å². The summed E-state index contributed by atoms with van der Waals surface area (Å²) in [6.07, 6.45) is 4.47. The normalized spacial score (nSPS) is 11.2. The third kappa shape index (κ3) is 3.52. The van der Waals surface area contributed by atoms with Gasteiger partial charge in [-0.15, -0.1) is 0 Å². The largest absolute Gasteiger partial charge is 0.244 e. The van der Waals surface area contributed by atoms with Crippen LogP contribution in [0, 0.1) is 13.8 Å². The Labute approximate surface area is 160 Å². The predicted octanol–water partition coefficient (Wildman–Crippen LogP) is 6.02. The van der Waals surface area contributed by atoms with E-state index in [1.54, 1.807) is 6.33 Å². The van der Waals surface area contributed by atoms with Gasteiger partial charge in [0, 0.05) is 18.2 Å². The van der Waals surface area contributed by atoms with Crippen LogP contribution in [0.25, 0.3) is 22.3 Å². The highest BCUT2D eigenvalue weighted by atomic mass is 14.8. The van der Waals surface area contributed by atoms with E-state index in [0.29, 0.717) is 0 Å². The first kappa shape index (κ1) is 17.2. The van der Waals surface area contributed by atoms with Gasteiger partial charge in [-0.3, -0.25) is 0 Å². The quantitative estimate of drug-likeness (QED) is 0.369. The molecule has 1 aliphatic carbocycles. The third-order valence-corrected chi connectivity index (χ3v) is 5.15. The van der Waals surface area contributed by atoms with Crippen LogP contribution < -0.4 is 0 Å². The number of hydrogen-bond donors (Lipinski definition) is 0. The van der Waals surface area contributed by atoms with Crippen LogP contribution in [-0.4, -0.2) is 9.97 Å². The molecule has 0 saturated heterocycles. The second-order valence-corrected chi connectivity index (χ2v) is 6.83. The summed E-state index contributed by atoms with van der Waals surface area (Å²) in [6.45, 7) is 4.33. The van der Waals surface area contributed by atoms with Crippen LogP contribution in [0.1, 0.15) is 22.4 Å². The summed E-state index contributed by atoms with van der Waals surface area (Å²) in [5.41, 5.74) is 10.4. The SMILES string of the molecule is Cc1cccc(-c2ccccc2)c1C.c1ccc2c(c1)Cc1ncncc1-2. The molecule has 0 atom stereocenters. The molecule has 0 radical (unpaired) electrons. The highest BCUT2D eigenvalue weighted by molar-refractivity contribution is 5.74. The van der Waals surface area contributed by atoms with E-state index in [9.17, 15) is 0 Å². The van der Waals surface area contributed by atoms with Crippen molar-refractivity contribution in [2.75, 3.05) is 0 Å². The van der Waals surface area contributed by atoms with Crippen molar-refractivity contribution in [3.8, 4) is 22.3 Å². The summed E-state index contributed by atoms with van der Waals surface area (Å²) in [7, 11) is 0. The number of fused-ring (bicyclic) bond motifs is 3. The lowest BCUT2D eigenvalue weighted by Crippen LogP contribution is -1.86. The van der Waals surface area contributed by atoms with E-state index in [0.717, 1.165) is 12.1 Å². The topological polar surface area (TPSA) is 25.8 Å². The fourth-order valence-electron chi connectivity index (χ4n) is 3.52. The van der Waals surface area contributed by atoms with Gasteiger partial charge >= 0.3 is 0 Å². The van der Waals surface area contributed by atoms with Crippen LogP contribution in [0.3, 0.4) is 0 Å². The van der Waals surface area contributed by atoms with E-state index in [-0.39, 0.29) is 0 Å². The van der Waals surface area contributed by atoms with Crippen molar-refractivity contribution in [1.29, 1.82) is 0 Å². The van der Waals surface area contributed by atoms with Gasteiger partial charge in [-0.05, 0) is 47.2 Å². The maximum atomic E-state index is 4.26. The lowest BCUT2D eigenvalue weighted by Gasteiger charge is -2.07. The van der Waals surface area contributed by atoms with Crippen LogP contribution >= 0.6 is 0 Å². The Morgan fingerprint density at radius 3 is 2.30 bits per heavy atom. The average molecular weight is 350 g/mol. The summed E-state index contributed by atoms with van der Waals surface area (Å²) in [5.74, 6) is 0.